The molecule has 0 aromatic carbocycles. The average Bonchev–Trinajstić information content (AvgIpc) is 2.77. The van der Waals surface area contributed by atoms with Gasteiger partial charge in [-0.1, -0.05) is 12.1 Å². The van der Waals surface area contributed by atoms with E-state index in [-0.39, 0.29) is 0 Å². The number of nitrogens with zero attached hydrogens (tertiary/aromatic N) is 3. The molecule has 0 aliphatic heterocycles. The summed E-state index contributed by atoms with van der Waals surface area (Å²) in [7, 11) is 0. The van der Waals surface area contributed by atoms with Crippen LogP contribution in [-0.2, 0) is 12.8 Å². The van der Waals surface area contributed by atoms with Gasteiger partial charge in [0.05, 0.1) is 5.69 Å². The van der Waals surface area contributed by atoms with Crippen molar-refractivity contribution in [3.63, 3.8) is 0 Å². The van der Waals surface area contributed by atoms with Gasteiger partial charge < -0.3 is 10.3 Å². The van der Waals surface area contributed by atoms with Gasteiger partial charge in [-0.3, -0.25) is 0 Å². The lowest BCUT2D eigenvalue weighted by Crippen LogP contribution is -2.17. The topological polar surface area (TPSA) is 88.7 Å². The number of fused-ring (bicyclic) bond motifs is 1. The van der Waals surface area contributed by atoms with Gasteiger partial charge >= 0.3 is 0 Å². The van der Waals surface area contributed by atoms with Crippen LogP contribution in [0.3, 0.4) is 0 Å². The zero-order valence-corrected chi connectivity index (χ0v) is 12.5. The lowest BCUT2D eigenvalue weighted by atomic mass is 9.82. The average molecular weight is 282 g/mol. The van der Waals surface area contributed by atoms with E-state index in [1.54, 1.807) is 0 Å². The Morgan fingerprint density at radius 1 is 1.33 bits per heavy atom. The molecule has 2 N–H and O–H groups in total. The molecule has 3 rings (SSSR count). The third kappa shape index (κ3) is 2.07. The molecule has 1 unspecified atom stereocenters. The van der Waals surface area contributed by atoms with Crippen LogP contribution in [0.1, 0.15) is 41.6 Å². The number of hydrogen-bond acceptors (Lipinski definition) is 5. The first-order chi connectivity index (χ1) is 10.0. The molecular formula is C16H18N4O. The Bertz CT molecular complexity index is 735. The second-order valence-electron chi connectivity index (χ2n) is 5.83. The summed E-state index contributed by atoms with van der Waals surface area (Å²) in [6, 6.07) is 2.21. The van der Waals surface area contributed by atoms with Crippen molar-refractivity contribution in [2.45, 2.75) is 40.0 Å². The molecule has 0 fully saturated rings. The molecule has 2 aromatic rings. The highest BCUT2D eigenvalue weighted by Gasteiger charge is 2.27. The molecule has 0 amide bonds. The van der Waals surface area contributed by atoms with E-state index in [1.165, 1.54) is 0 Å². The van der Waals surface area contributed by atoms with Crippen LogP contribution in [0.2, 0.25) is 0 Å². The van der Waals surface area contributed by atoms with E-state index in [4.69, 9.17) is 10.3 Å². The molecule has 108 valence electrons. The lowest BCUT2D eigenvalue weighted by Gasteiger charge is -2.24. The van der Waals surface area contributed by atoms with Crippen molar-refractivity contribution in [1.82, 2.24) is 10.1 Å². The summed E-state index contributed by atoms with van der Waals surface area (Å²) in [5.74, 6) is 1.60. The van der Waals surface area contributed by atoms with E-state index in [0.717, 1.165) is 53.1 Å². The van der Waals surface area contributed by atoms with E-state index < -0.39 is 0 Å². The van der Waals surface area contributed by atoms with Crippen LogP contribution in [0, 0.1) is 31.1 Å². The van der Waals surface area contributed by atoms with Crippen LogP contribution < -0.4 is 5.73 Å². The Balaban J connectivity index is 2.37. The van der Waals surface area contributed by atoms with Gasteiger partial charge in [-0.15, -0.1) is 0 Å². The molecule has 0 spiro atoms. The van der Waals surface area contributed by atoms with E-state index in [2.05, 4.69) is 23.1 Å². The number of hydrogen-bond donors (Lipinski definition) is 1. The minimum absolute atomic E-state index is 0.306. The van der Waals surface area contributed by atoms with Crippen LogP contribution in [0.4, 0.5) is 5.82 Å². The zero-order valence-electron chi connectivity index (χ0n) is 12.5. The smallest absolute Gasteiger partial charge is 0.142 e. The number of nitrogens with two attached hydrogens (primary N) is 1. The van der Waals surface area contributed by atoms with E-state index in [1.807, 2.05) is 13.8 Å². The third-order valence-corrected chi connectivity index (χ3v) is 4.23. The fourth-order valence-electron chi connectivity index (χ4n) is 3.18. The SMILES string of the molecule is Cc1noc(C)c1-c1c(C#N)c(N)nc2c1CC(C)CC2. The number of pyridine rings is 1. The number of anilines is 1. The van der Waals surface area contributed by atoms with Crippen LogP contribution in [0.5, 0.6) is 0 Å². The zero-order chi connectivity index (χ0) is 15.1. The summed E-state index contributed by atoms with van der Waals surface area (Å²) in [6.07, 6.45) is 2.92. The summed E-state index contributed by atoms with van der Waals surface area (Å²) in [5, 5.41) is 13.5. The van der Waals surface area contributed by atoms with Crippen molar-refractivity contribution >= 4 is 5.82 Å². The van der Waals surface area contributed by atoms with Gasteiger partial charge in [0.2, 0.25) is 0 Å². The van der Waals surface area contributed by atoms with Gasteiger partial charge in [-0.2, -0.15) is 5.26 Å². The van der Waals surface area contributed by atoms with Crippen LogP contribution in [-0.4, -0.2) is 10.1 Å². The highest BCUT2D eigenvalue weighted by molar-refractivity contribution is 5.81. The van der Waals surface area contributed by atoms with Crippen LogP contribution >= 0.6 is 0 Å². The van der Waals surface area contributed by atoms with Crippen molar-refractivity contribution < 1.29 is 4.52 Å². The normalized spacial score (nSPS) is 17.3. The molecule has 1 aliphatic carbocycles. The molecule has 1 atom stereocenters. The van der Waals surface area contributed by atoms with Crippen molar-refractivity contribution in [3.8, 4) is 17.2 Å². The molecule has 0 radical (unpaired) electrons. The van der Waals surface area contributed by atoms with Gasteiger partial charge in [-0.25, -0.2) is 4.98 Å². The van der Waals surface area contributed by atoms with E-state index in [0.29, 0.717) is 17.3 Å². The highest BCUT2D eigenvalue weighted by Crippen LogP contribution is 2.39. The monoisotopic (exact) mass is 282 g/mol. The van der Waals surface area contributed by atoms with Crippen molar-refractivity contribution in [2.24, 2.45) is 5.92 Å². The molecule has 21 heavy (non-hydrogen) atoms. The predicted molar refractivity (Wildman–Crippen MR) is 79.5 cm³/mol. The van der Waals surface area contributed by atoms with Gasteiger partial charge in [0.15, 0.2) is 0 Å². The van der Waals surface area contributed by atoms with Gasteiger partial charge in [0, 0.05) is 16.8 Å². The Kier molecular flexibility index (Phi) is 3.17. The number of aromatic nitrogens is 2. The number of nitrogen functional groups attached to an aromatic ring is 1. The fourth-order valence-corrected chi connectivity index (χ4v) is 3.18. The molecule has 0 saturated carbocycles. The largest absolute Gasteiger partial charge is 0.383 e. The Morgan fingerprint density at radius 2 is 2.10 bits per heavy atom. The summed E-state index contributed by atoms with van der Waals surface area (Å²) in [4.78, 5) is 4.45. The van der Waals surface area contributed by atoms with E-state index in [9.17, 15) is 5.26 Å². The summed E-state index contributed by atoms with van der Waals surface area (Å²) in [5.41, 5.74) is 11.2. The van der Waals surface area contributed by atoms with Crippen molar-refractivity contribution in [3.05, 3.63) is 28.3 Å². The summed E-state index contributed by atoms with van der Waals surface area (Å²) < 4.78 is 5.29. The standard InChI is InChI=1S/C16H18N4O/c1-8-4-5-13-11(6-8)15(12(7-17)16(18)19-13)14-9(2)20-21-10(14)3/h8H,4-6H2,1-3H3,(H2,18,19). The molecule has 0 saturated heterocycles. The maximum atomic E-state index is 9.53. The second-order valence-corrected chi connectivity index (χ2v) is 5.83. The molecule has 2 heterocycles. The first-order valence-corrected chi connectivity index (χ1v) is 7.17. The van der Waals surface area contributed by atoms with Gasteiger partial charge in [-0.05, 0) is 44.6 Å². The number of rotatable bonds is 1. The maximum Gasteiger partial charge on any atom is 0.142 e. The quantitative estimate of drug-likeness (QED) is 0.868. The predicted octanol–water partition coefficient (Wildman–Crippen LogP) is 2.93. The Labute approximate surface area is 123 Å². The second kappa shape index (κ2) is 4.88. The Morgan fingerprint density at radius 3 is 2.71 bits per heavy atom. The van der Waals surface area contributed by atoms with E-state index >= 15 is 0 Å². The summed E-state index contributed by atoms with van der Waals surface area (Å²) >= 11 is 0. The minimum atomic E-state index is 0.306. The molecule has 5 nitrogen and oxygen atoms in total. The van der Waals surface area contributed by atoms with Crippen molar-refractivity contribution in [2.75, 3.05) is 5.73 Å². The minimum Gasteiger partial charge on any atom is -0.383 e. The summed E-state index contributed by atoms with van der Waals surface area (Å²) in [6.45, 7) is 5.98. The maximum absolute atomic E-state index is 9.53. The van der Waals surface area contributed by atoms with Gasteiger partial charge in [0.1, 0.15) is 23.2 Å². The molecule has 0 bridgehead atoms. The van der Waals surface area contributed by atoms with Gasteiger partial charge in [0.25, 0.3) is 0 Å². The molecular weight excluding hydrogens is 264 g/mol. The molecule has 1 aliphatic rings. The highest BCUT2D eigenvalue weighted by atomic mass is 16.5. The van der Waals surface area contributed by atoms with Crippen LogP contribution in [0.25, 0.3) is 11.1 Å². The first-order valence-electron chi connectivity index (χ1n) is 7.17. The van der Waals surface area contributed by atoms with Crippen molar-refractivity contribution in [1.29, 1.82) is 5.26 Å². The number of aryl methyl sites for hydroxylation is 3. The van der Waals surface area contributed by atoms with Crippen LogP contribution in [0.15, 0.2) is 4.52 Å². The molecule has 5 heteroatoms. The first kappa shape index (κ1) is 13.6. The fraction of sp³-hybridized carbons (Fsp3) is 0.438. The third-order valence-electron chi connectivity index (χ3n) is 4.23. The molecule has 2 aromatic heterocycles. The lowest BCUT2D eigenvalue weighted by molar-refractivity contribution is 0.393. The number of nitriles is 1. The Hall–Kier alpha value is -2.35.